The SMILES string of the molecule is CSCC[C@H](NC(=O)COc1ccc2c3c(c(=O)oc2c1C)CCCC3)C(=O)O. The maximum absolute atomic E-state index is 12.3. The van der Waals surface area contributed by atoms with Crippen LogP contribution in [0, 0.1) is 6.92 Å². The molecule has 0 radical (unpaired) electrons. The van der Waals surface area contributed by atoms with Gasteiger partial charge in [-0.3, -0.25) is 4.79 Å². The summed E-state index contributed by atoms with van der Waals surface area (Å²) in [5.41, 5.74) is 2.65. The molecule has 0 saturated carbocycles. The van der Waals surface area contributed by atoms with Crippen LogP contribution in [0.5, 0.6) is 5.75 Å². The lowest BCUT2D eigenvalue weighted by Gasteiger charge is -2.18. The number of aryl methyl sites for hydroxylation is 2. The van der Waals surface area contributed by atoms with Crippen LogP contribution in [0.2, 0.25) is 0 Å². The lowest BCUT2D eigenvalue weighted by Crippen LogP contribution is -2.43. The molecule has 1 aromatic carbocycles. The minimum atomic E-state index is -1.07. The number of amides is 1. The summed E-state index contributed by atoms with van der Waals surface area (Å²) in [6, 6.07) is 2.68. The molecule has 0 fully saturated rings. The van der Waals surface area contributed by atoms with Gasteiger partial charge < -0.3 is 19.6 Å². The van der Waals surface area contributed by atoms with Crippen molar-refractivity contribution in [3.8, 4) is 5.75 Å². The quantitative estimate of drug-likeness (QED) is 0.634. The Hall–Kier alpha value is -2.48. The fourth-order valence-corrected chi connectivity index (χ4v) is 4.13. The monoisotopic (exact) mass is 419 g/mol. The van der Waals surface area contributed by atoms with E-state index in [4.69, 9.17) is 9.15 Å². The van der Waals surface area contributed by atoms with Gasteiger partial charge in [-0.2, -0.15) is 11.8 Å². The number of hydrogen-bond acceptors (Lipinski definition) is 6. The molecule has 156 valence electrons. The number of benzene rings is 1. The molecule has 0 aliphatic heterocycles. The number of carboxylic acid groups (broad SMARTS) is 1. The molecule has 1 aromatic heterocycles. The van der Waals surface area contributed by atoms with Gasteiger partial charge in [0.2, 0.25) is 0 Å². The van der Waals surface area contributed by atoms with Gasteiger partial charge in [0.1, 0.15) is 17.4 Å². The second-order valence-electron chi connectivity index (χ2n) is 7.15. The summed E-state index contributed by atoms with van der Waals surface area (Å²) in [6.45, 7) is 1.47. The largest absolute Gasteiger partial charge is 0.483 e. The van der Waals surface area contributed by atoms with Crippen molar-refractivity contribution in [3.63, 3.8) is 0 Å². The van der Waals surface area contributed by atoms with Gasteiger partial charge in [-0.25, -0.2) is 9.59 Å². The van der Waals surface area contributed by atoms with E-state index in [0.717, 1.165) is 42.2 Å². The number of carboxylic acids is 1. The molecule has 0 saturated heterocycles. The van der Waals surface area contributed by atoms with Gasteiger partial charge in [0.05, 0.1) is 0 Å². The minimum absolute atomic E-state index is 0.303. The van der Waals surface area contributed by atoms with Crippen molar-refractivity contribution in [2.75, 3.05) is 18.6 Å². The molecule has 2 aromatic rings. The summed E-state index contributed by atoms with van der Waals surface area (Å²) < 4.78 is 11.2. The summed E-state index contributed by atoms with van der Waals surface area (Å²) in [5.74, 6) is -0.515. The standard InChI is InChI=1S/C21H25NO6S/c1-12-17(27-11-18(23)22-16(20(24)25)9-10-29-2)8-7-14-13-5-3-4-6-15(13)21(26)28-19(12)14/h7-8,16H,3-6,9-11H2,1-2H3,(H,22,23)(H,24,25)/t16-/m0/s1. The van der Waals surface area contributed by atoms with E-state index in [1.807, 2.05) is 12.3 Å². The number of nitrogens with one attached hydrogen (secondary N) is 1. The second-order valence-corrected chi connectivity index (χ2v) is 8.13. The number of carbonyl (C=O) groups excluding carboxylic acids is 1. The molecule has 0 bridgehead atoms. The first-order valence-electron chi connectivity index (χ1n) is 9.64. The Kier molecular flexibility index (Phi) is 6.84. The third-order valence-electron chi connectivity index (χ3n) is 5.19. The molecule has 3 rings (SSSR count). The smallest absolute Gasteiger partial charge is 0.339 e. The Balaban J connectivity index is 1.75. The molecule has 2 N–H and O–H groups in total. The van der Waals surface area contributed by atoms with Crippen molar-refractivity contribution >= 4 is 34.6 Å². The van der Waals surface area contributed by atoms with Gasteiger partial charge in [-0.1, -0.05) is 0 Å². The Bertz CT molecular complexity index is 983. The van der Waals surface area contributed by atoms with Crippen LogP contribution in [0.3, 0.4) is 0 Å². The molecule has 0 spiro atoms. The first-order valence-corrected chi connectivity index (χ1v) is 11.0. The van der Waals surface area contributed by atoms with Crippen LogP contribution in [0.4, 0.5) is 0 Å². The predicted molar refractivity (Wildman–Crippen MR) is 112 cm³/mol. The molecule has 0 unspecified atom stereocenters. The van der Waals surface area contributed by atoms with Crippen molar-refractivity contribution in [1.29, 1.82) is 0 Å². The summed E-state index contributed by atoms with van der Waals surface area (Å²) in [5, 5.41) is 12.6. The Morgan fingerprint density at radius 3 is 2.69 bits per heavy atom. The zero-order valence-electron chi connectivity index (χ0n) is 16.6. The van der Waals surface area contributed by atoms with Gasteiger partial charge in [0, 0.05) is 16.5 Å². The van der Waals surface area contributed by atoms with Crippen LogP contribution >= 0.6 is 11.8 Å². The van der Waals surface area contributed by atoms with Crippen LogP contribution < -0.4 is 15.7 Å². The highest BCUT2D eigenvalue weighted by Crippen LogP contribution is 2.32. The van der Waals surface area contributed by atoms with E-state index in [2.05, 4.69) is 5.32 Å². The molecule has 8 heteroatoms. The molecule has 1 aliphatic carbocycles. The van der Waals surface area contributed by atoms with E-state index in [9.17, 15) is 19.5 Å². The van der Waals surface area contributed by atoms with E-state index in [1.165, 1.54) is 11.8 Å². The van der Waals surface area contributed by atoms with Crippen molar-refractivity contribution in [1.82, 2.24) is 5.32 Å². The maximum Gasteiger partial charge on any atom is 0.339 e. The lowest BCUT2D eigenvalue weighted by molar-refractivity contribution is -0.142. The van der Waals surface area contributed by atoms with E-state index < -0.39 is 17.9 Å². The molecule has 1 amide bonds. The highest BCUT2D eigenvalue weighted by molar-refractivity contribution is 7.98. The van der Waals surface area contributed by atoms with E-state index in [-0.39, 0.29) is 12.2 Å². The maximum atomic E-state index is 12.3. The summed E-state index contributed by atoms with van der Waals surface area (Å²) in [7, 11) is 0. The first-order chi connectivity index (χ1) is 13.9. The van der Waals surface area contributed by atoms with E-state index in [1.54, 1.807) is 13.0 Å². The summed E-state index contributed by atoms with van der Waals surface area (Å²) in [6.07, 6.45) is 5.85. The number of carbonyl (C=O) groups is 2. The number of hydrogen-bond donors (Lipinski definition) is 2. The first kappa shape index (κ1) is 21.2. The van der Waals surface area contributed by atoms with Crippen LogP contribution in [0.1, 0.15) is 36.0 Å². The Morgan fingerprint density at radius 2 is 2.00 bits per heavy atom. The lowest BCUT2D eigenvalue weighted by atomic mass is 9.90. The predicted octanol–water partition coefficient (Wildman–Crippen LogP) is 2.68. The fourth-order valence-electron chi connectivity index (χ4n) is 3.65. The summed E-state index contributed by atoms with van der Waals surface area (Å²) >= 11 is 1.52. The zero-order valence-corrected chi connectivity index (χ0v) is 17.4. The van der Waals surface area contributed by atoms with Crippen molar-refractivity contribution in [2.45, 2.75) is 45.1 Å². The van der Waals surface area contributed by atoms with Crippen molar-refractivity contribution in [3.05, 3.63) is 39.2 Å². The molecular weight excluding hydrogens is 394 g/mol. The highest BCUT2D eigenvalue weighted by Gasteiger charge is 2.22. The number of aliphatic carboxylic acids is 1. The minimum Gasteiger partial charge on any atom is -0.483 e. The third kappa shape index (κ3) is 4.75. The van der Waals surface area contributed by atoms with Gasteiger partial charge in [0.15, 0.2) is 6.61 Å². The van der Waals surface area contributed by atoms with Crippen LogP contribution in [-0.4, -0.2) is 41.6 Å². The molecule has 29 heavy (non-hydrogen) atoms. The van der Waals surface area contributed by atoms with Crippen molar-refractivity contribution in [2.24, 2.45) is 0 Å². The molecule has 1 aliphatic rings. The Labute approximate surface area is 172 Å². The third-order valence-corrected chi connectivity index (χ3v) is 5.84. The van der Waals surface area contributed by atoms with Gasteiger partial charge in [-0.15, -0.1) is 0 Å². The molecule has 7 nitrogen and oxygen atoms in total. The number of thioether (sulfide) groups is 1. The van der Waals surface area contributed by atoms with Crippen LogP contribution in [0.15, 0.2) is 21.3 Å². The zero-order chi connectivity index (χ0) is 21.0. The average molecular weight is 419 g/mol. The van der Waals surface area contributed by atoms with Crippen LogP contribution in [-0.2, 0) is 22.4 Å². The summed E-state index contributed by atoms with van der Waals surface area (Å²) in [4.78, 5) is 35.7. The number of fused-ring (bicyclic) bond motifs is 3. The normalized spacial score (nSPS) is 14.3. The van der Waals surface area contributed by atoms with E-state index in [0.29, 0.717) is 29.1 Å². The topological polar surface area (TPSA) is 106 Å². The Morgan fingerprint density at radius 1 is 1.28 bits per heavy atom. The van der Waals surface area contributed by atoms with Gasteiger partial charge >= 0.3 is 11.6 Å². The fraction of sp³-hybridized carbons (Fsp3) is 0.476. The molecular formula is C21H25NO6S. The molecule has 1 atom stereocenters. The number of rotatable bonds is 8. The van der Waals surface area contributed by atoms with Gasteiger partial charge in [0.25, 0.3) is 5.91 Å². The average Bonchev–Trinajstić information content (AvgIpc) is 2.71. The van der Waals surface area contributed by atoms with Gasteiger partial charge in [-0.05, 0) is 68.7 Å². The van der Waals surface area contributed by atoms with Crippen LogP contribution in [0.25, 0.3) is 11.0 Å². The number of ether oxygens (including phenoxy) is 1. The van der Waals surface area contributed by atoms with E-state index >= 15 is 0 Å². The highest BCUT2D eigenvalue weighted by atomic mass is 32.2. The molecule has 1 heterocycles. The van der Waals surface area contributed by atoms with Crippen molar-refractivity contribution < 1.29 is 23.8 Å². The second kappa shape index (κ2) is 9.35.